The number of nitrogens with one attached hydrogen (secondary N) is 4. The van der Waals surface area contributed by atoms with Gasteiger partial charge in [-0.1, -0.05) is 60.1 Å². The first-order chi connectivity index (χ1) is 23.7. The van der Waals surface area contributed by atoms with Gasteiger partial charge in [-0.15, -0.1) is 0 Å². The summed E-state index contributed by atoms with van der Waals surface area (Å²) in [6.45, 7) is 14.6. The number of rotatable bonds is 24. The molecule has 4 amide bonds. The lowest BCUT2D eigenvalue weighted by Crippen LogP contribution is -2.50. The van der Waals surface area contributed by atoms with Crippen molar-refractivity contribution in [2.75, 3.05) is 6.54 Å². The van der Waals surface area contributed by atoms with Crippen molar-refractivity contribution in [1.82, 2.24) is 21.3 Å². The summed E-state index contributed by atoms with van der Waals surface area (Å²) in [5.74, 6) is -3.00. The van der Waals surface area contributed by atoms with Crippen LogP contribution in [0.5, 0.6) is 5.75 Å². The number of hydrogen-bond acceptors (Lipinski definition) is 7. The maximum absolute atomic E-state index is 13.2. The van der Waals surface area contributed by atoms with Gasteiger partial charge in [0.1, 0.15) is 11.8 Å². The Morgan fingerprint density at radius 2 is 1.35 bits per heavy atom. The number of amides is 4. The summed E-state index contributed by atoms with van der Waals surface area (Å²) in [6.07, 6.45) is 5.11. The number of phenols is 1. The van der Waals surface area contributed by atoms with Crippen LogP contribution in [0.1, 0.15) is 125 Å². The molecule has 0 spiro atoms. The van der Waals surface area contributed by atoms with Crippen LogP contribution in [0, 0.1) is 22.7 Å². The molecular weight excluding hydrogens is 656 g/mol. The highest BCUT2D eigenvalue weighted by atomic mass is 16.4. The van der Waals surface area contributed by atoms with E-state index in [-0.39, 0.29) is 59.5 Å². The molecule has 0 aliphatic rings. The van der Waals surface area contributed by atoms with Crippen molar-refractivity contribution >= 4 is 35.6 Å². The van der Waals surface area contributed by atoms with Gasteiger partial charge in [0.15, 0.2) is 5.78 Å². The fraction of sp³-hybridized carbons (Fsp3) is 0.684. The van der Waals surface area contributed by atoms with Crippen LogP contribution in [-0.2, 0) is 30.5 Å². The fourth-order valence-corrected chi connectivity index (χ4v) is 6.12. The van der Waals surface area contributed by atoms with E-state index in [1.807, 2.05) is 6.92 Å². The number of carbonyl (C=O) groups is 6. The number of carboxylic acid groups (broad SMARTS) is 2. The monoisotopic (exact) mass is 718 g/mol. The number of carboxylic acids is 2. The Morgan fingerprint density at radius 3 is 1.90 bits per heavy atom. The maximum atomic E-state index is 13.2. The fourth-order valence-electron chi connectivity index (χ4n) is 6.12. The maximum Gasteiger partial charge on any atom is 0.326 e. The van der Waals surface area contributed by atoms with E-state index >= 15 is 0 Å². The predicted molar refractivity (Wildman–Crippen MR) is 195 cm³/mol. The Morgan fingerprint density at radius 1 is 0.745 bits per heavy atom. The number of unbranched alkanes of at least 4 members (excludes halogenated alkanes) is 1. The van der Waals surface area contributed by atoms with Gasteiger partial charge in [0.05, 0.1) is 6.04 Å². The van der Waals surface area contributed by atoms with E-state index in [0.717, 1.165) is 31.2 Å². The van der Waals surface area contributed by atoms with Crippen molar-refractivity contribution in [2.45, 2.75) is 138 Å². The van der Waals surface area contributed by atoms with Gasteiger partial charge in [-0.25, -0.2) is 9.59 Å². The van der Waals surface area contributed by atoms with Gasteiger partial charge in [0.25, 0.3) is 0 Å². The van der Waals surface area contributed by atoms with Crippen molar-refractivity contribution < 1.29 is 44.1 Å². The molecule has 0 saturated heterocycles. The second-order valence-corrected chi connectivity index (χ2v) is 15.6. The number of hydrogen-bond donors (Lipinski definition) is 7. The third kappa shape index (κ3) is 19.7. The third-order valence-corrected chi connectivity index (χ3v) is 8.97. The standard InChI is InChI=1S/C38H62N4O9/c1-8-27(33(47)39-21-10-9-13-31(35(49)50)42-36(51)41-30(25(2)43)18-19-32(45)46)23-38(6,7)20-11-12-28(22-37(3,4)5)34(48)40-24-26-14-16-29(44)17-15-26/h14-17,27-28,30-31,44H,8-13,18-24H2,1-7H3,(H,39,47)(H,40,48)(H,45,46)(H,49,50)(H2,41,42,51)/t27?,28?,30-,31-/m0/s1. The predicted octanol–water partition coefficient (Wildman–Crippen LogP) is 5.53. The SMILES string of the molecule is CCC(CC(C)(C)CCCC(CC(C)(C)C)C(=O)NCc1ccc(O)cc1)C(=O)NCCCC[C@H](NC(=O)N[C@@H](CCC(=O)O)C(C)=O)C(=O)O. The zero-order chi connectivity index (χ0) is 38.8. The average Bonchev–Trinajstić information content (AvgIpc) is 3.02. The lowest BCUT2D eigenvalue weighted by Gasteiger charge is -2.30. The van der Waals surface area contributed by atoms with E-state index in [1.54, 1.807) is 24.3 Å². The van der Waals surface area contributed by atoms with Crippen molar-refractivity contribution in [3.8, 4) is 5.75 Å². The quantitative estimate of drug-likeness (QED) is 0.0669. The van der Waals surface area contributed by atoms with Crippen LogP contribution in [0.3, 0.4) is 0 Å². The first-order valence-corrected chi connectivity index (χ1v) is 18.1. The molecule has 2 unspecified atom stereocenters. The molecule has 0 aliphatic heterocycles. The number of aliphatic carboxylic acids is 2. The average molecular weight is 719 g/mol. The third-order valence-electron chi connectivity index (χ3n) is 8.97. The molecule has 1 rings (SSSR count). The van der Waals surface area contributed by atoms with Crippen molar-refractivity contribution in [2.24, 2.45) is 22.7 Å². The largest absolute Gasteiger partial charge is 0.508 e. The van der Waals surface area contributed by atoms with Crippen LogP contribution in [-0.4, -0.2) is 69.5 Å². The molecule has 13 nitrogen and oxygen atoms in total. The molecule has 51 heavy (non-hydrogen) atoms. The van der Waals surface area contributed by atoms with E-state index in [1.165, 1.54) is 6.92 Å². The molecule has 1 aromatic carbocycles. The molecule has 0 heterocycles. The smallest absolute Gasteiger partial charge is 0.326 e. The van der Waals surface area contributed by atoms with Crippen LogP contribution in [0.4, 0.5) is 4.79 Å². The molecule has 288 valence electrons. The van der Waals surface area contributed by atoms with E-state index in [0.29, 0.717) is 38.8 Å². The number of urea groups is 1. The molecule has 13 heteroatoms. The summed E-state index contributed by atoms with van der Waals surface area (Å²) in [4.78, 5) is 72.9. The summed E-state index contributed by atoms with van der Waals surface area (Å²) < 4.78 is 0. The number of benzene rings is 1. The Bertz CT molecular complexity index is 1290. The zero-order valence-electron chi connectivity index (χ0n) is 31.6. The van der Waals surface area contributed by atoms with E-state index in [4.69, 9.17) is 5.11 Å². The van der Waals surface area contributed by atoms with E-state index in [9.17, 15) is 39.0 Å². The van der Waals surface area contributed by atoms with Crippen LogP contribution < -0.4 is 21.3 Å². The van der Waals surface area contributed by atoms with Gasteiger partial charge in [0.2, 0.25) is 11.8 Å². The Hall–Kier alpha value is -4.16. The summed E-state index contributed by atoms with van der Waals surface area (Å²) in [5, 5.41) is 38.6. The summed E-state index contributed by atoms with van der Waals surface area (Å²) in [5.41, 5.74) is 0.758. The topological polar surface area (TPSA) is 211 Å². The summed E-state index contributed by atoms with van der Waals surface area (Å²) in [7, 11) is 0. The minimum atomic E-state index is -1.24. The van der Waals surface area contributed by atoms with Crippen LogP contribution in [0.25, 0.3) is 0 Å². The number of phenolic OH excluding ortho intramolecular Hbond substituents is 1. The first kappa shape index (κ1) is 44.9. The van der Waals surface area contributed by atoms with Gasteiger partial charge in [-0.2, -0.15) is 0 Å². The molecule has 1 aromatic rings. The Kier molecular flexibility index (Phi) is 19.3. The Balaban J connectivity index is 2.57. The van der Waals surface area contributed by atoms with Crippen LogP contribution >= 0.6 is 0 Å². The number of aromatic hydroxyl groups is 1. The highest BCUT2D eigenvalue weighted by Crippen LogP contribution is 2.35. The zero-order valence-corrected chi connectivity index (χ0v) is 31.6. The van der Waals surface area contributed by atoms with Crippen molar-refractivity contribution in [1.29, 1.82) is 0 Å². The van der Waals surface area contributed by atoms with Crippen LogP contribution in [0.2, 0.25) is 0 Å². The molecule has 0 aliphatic carbocycles. The van der Waals surface area contributed by atoms with E-state index < -0.39 is 35.8 Å². The number of Topliss-reactive ketones (excluding diaryl/α,β-unsaturated/α-hetero) is 1. The minimum Gasteiger partial charge on any atom is -0.508 e. The lowest BCUT2D eigenvalue weighted by atomic mass is 9.76. The normalized spacial score (nSPS) is 14.0. The molecule has 0 bridgehead atoms. The number of carbonyl (C=O) groups excluding carboxylic acids is 4. The first-order valence-electron chi connectivity index (χ1n) is 18.1. The van der Waals surface area contributed by atoms with Crippen LogP contribution in [0.15, 0.2) is 24.3 Å². The van der Waals surface area contributed by atoms with Crippen molar-refractivity contribution in [3.63, 3.8) is 0 Å². The van der Waals surface area contributed by atoms with Gasteiger partial charge in [0, 0.05) is 31.3 Å². The molecule has 0 fully saturated rings. The molecule has 7 N–H and O–H groups in total. The molecule has 4 atom stereocenters. The van der Waals surface area contributed by atoms with Gasteiger partial charge < -0.3 is 36.6 Å². The second kappa shape index (κ2) is 21.9. The highest BCUT2D eigenvalue weighted by Gasteiger charge is 2.29. The van der Waals surface area contributed by atoms with E-state index in [2.05, 4.69) is 55.9 Å². The summed E-state index contributed by atoms with van der Waals surface area (Å²) in [6, 6.07) is 3.66. The van der Waals surface area contributed by atoms with Gasteiger partial charge in [-0.05, 0) is 93.2 Å². The highest BCUT2D eigenvalue weighted by molar-refractivity contribution is 5.89. The molecule has 0 saturated carbocycles. The molecule has 0 radical (unpaired) electrons. The molecule has 0 aromatic heterocycles. The van der Waals surface area contributed by atoms with Crippen molar-refractivity contribution in [3.05, 3.63) is 29.8 Å². The Labute approximate surface area is 303 Å². The van der Waals surface area contributed by atoms with Gasteiger partial charge in [-0.3, -0.25) is 19.2 Å². The second-order valence-electron chi connectivity index (χ2n) is 15.6. The minimum absolute atomic E-state index is 0.0185. The molecular formula is C38H62N4O9. The lowest BCUT2D eigenvalue weighted by molar-refractivity contribution is -0.139. The van der Waals surface area contributed by atoms with Gasteiger partial charge >= 0.3 is 18.0 Å². The summed E-state index contributed by atoms with van der Waals surface area (Å²) >= 11 is 0. The number of ketones is 1.